The third-order valence-electron chi connectivity index (χ3n) is 5.46. The van der Waals surface area contributed by atoms with Crippen LogP contribution in [0.3, 0.4) is 0 Å². The lowest BCUT2D eigenvalue weighted by atomic mass is 10.0. The lowest BCUT2D eigenvalue weighted by Crippen LogP contribution is -2.48. The molecular formula is C28H24BrN3O3S. The van der Waals surface area contributed by atoms with Gasteiger partial charge in [0, 0.05) is 12.0 Å². The average Bonchev–Trinajstić information content (AvgIpc) is 2.89. The second kappa shape index (κ2) is 12.3. The first-order valence-corrected chi connectivity index (χ1v) is 12.5. The molecule has 0 fully saturated rings. The van der Waals surface area contributed by atoms with Gasteiger partial charge in [-0.25, -0.2) is 0 Å². The van der Waals surface area contributed by atoms with Crippen molar-refractivity contribution < 1.29 is 14.3 Å². The maximum Gasteiger partial charge on any atom is 0.257 e. The number of ether oxygens (including phenoxy) is 1. The molecule has 4 rings (SSSR count). The maximum absolute atomic E-state index is 12.6. The van der Waals surface area contributed by atoms with Crippen LogP contribution in [0.2, 0.25) is 0 Å². The van der Waals surface area contributed by atoms with Gasteiger partial charge in [-0.1, -0.05) is 72.8 Å². The molecule has 4 aromatic carbocycles. The Balaban J connectivity index is 1.25. The van der Waals surface area contributed by atoms with Crippen LogP contribution in [0.15, 0.2) is 95.5 Å². The Labute approximate surface area is 223 Å². The first kappa shape index (κ1) is 25.3. The molecule has 0 radical (unpaired) electrons. The zero-order valence-electron chi connectivity index (χ0n) is 19.3. The molecule has 0 aliphatic rings. The Morgan fingerprint density at radius 3 is 2.42 bits per heavy atom. The van der Waals surface area contributed by atoms with Crippen LogP contribution in [0.1, 0.15) is 21.5 Å². The van der Waals surface area contributed by atoms with Crippen molar-refractivity contribution in [1.29, 1.82) is 0 Å². The molecule has 0 aliphatic heterocycles. The van der Waals surface area contributed by atoms with Gasteiger partial charge in [-0.15, -0.1) is 0 Å². The van der Waals surface area contributed by atoms with E-state index in [2.05, 4.69) is 44.2 Å². The Morgan fingerprint density at radius 2 is 1.61 bits per heavy atom. The van der Waals surface area contributed by atoms with E-state index in [0.29, 0.717) is 22.4 Å². The van der Waals surface area contributed by atoms with E-state index >= 15 is 0 Å². The van der Waals surface area contributed by atoms with Gasteiger partial charge in [-0.3, -0.25) is 25.8 Å². The first-order chi connectivity index (χ1) is 17.5. The van der Waals surface area contributed by atoms with Crippen molar-refractivity contribution in [2.45, 2.75) is 12.8 Å². The number of hydrogen-bond acceptors (Lipinski definition) is 4. The fraction of sp³-hybridized carbons (Fsp3) is 0.107. The van der Waals surface area contributed by atoms with Gasteiger partial charge in [-0.2, -0.15) is 0 Å². The molecule has 0 bridgehead atoms. The Morgan fingerprint density at radius 1 is 0.861 bits per heavy atom. The highest BCUT2D eigenvalue weighted by atomic mass is 79.9. The molecule has 0 spiro atoms. The topological polar surface area (TPSA) is 79.5 Å². The van der Waals surface area contributed by atoms with Crippen molar-refractivity contribution in [1.82, 2.24) is 16.2 Å². The molecule has 182 valence electrons. The van der Waals surface area contributed by atoms with Gasteiger partial charge in [0.25, 0.3) is 5.91 Å². The number of thiocarbonyl (C=S) groups is 1. The van der Waals surface area contributed by atoms with Gasteiger partial charge in [0.1, 0.15) is 5.75 Å². The number of rotatable bonds is 7. The van der Waals surface area contributed by atoms with E-state index in [0.717, 1.165) is 22.8 Å². The summed E-state index contributed by atoms with van der Waals surface area (Å²) >= 11 is 8.61. The number of amides is 2. The summed E-state index contributed by atoms with van der Waals surface area (Å²) in [7, 11) is 0. The number of hydrogen-bond donors (Lipinski definition) is 3. The molecule has 4 aromatic rings. The SMILES string of the molecule is O=C(Cc1cccc2ccccc12)NNC(=S)NC(=O)c1ccc(OCCc2ccccc2)c(Br)c1. The lowest BCUT2D eigenvalue weighted by Gasteiger charge is -2.13. The average molecular weight is 562 g/mol. The maximum atomic E-state index is 12.6. The van der Waals surface area contributed by atoms with E-state index in [1.54, 1.807) is 18.2 Å². The van der Waals surface area contributed by atoms with Crippen molar-refractivity contribution in [3.63, 3.8) is 0 Å². The molecule has 0 heterocycles. The largest absolute Gasteiger partial charge is 0.492 e. The van der Waals surface area contributed by atoms with Gasteiger partial charge in [0.15, 0.2) is 5.11 Å². The van der Waals surface area contributed by atoms with Crippen molar-refractivity contribution in [2.24, 2.45) is 0 Å². The summed E-state index contributed by atoms with van der Waals surface area (Å²) in [6.45, 7) is 0.515. The van der Waals surface area contributed by atoms with E-state index in [-0.39, 0.29) is 17.4 Å². The van der Waals surface area contributed by atoms with Crippen LogP contribution in [0.4, 0.5) is 0 Å². The van der Waals surface area contributed by atoms with Crippen LogP contribution < -0.4 is 20.9 Å². The quantitative estimate of drug-likeness (QED) is 0.216. The summed E-state index contributed by atoms with van der Waals surface area (Å²) < 4.78 is 6.49. The van der Waals surface area contributed by atoms with E-state index in [9.17, 15) is 9.59 Å². The second-order valence-corrected chi connectivity index (χ2v) is 9.26. The summed E-state index contributed by atoms with van der Waals surface area (Å²) in [4.78, 5) is 25.0. The highest BCUT2D eigenvalue weighted by molar-refractivity contribution is 9.10. The second-order valence-electron chi connectivity index (χ2n) is 8.00. The minimum Gasteiger partial charge on any atom is -0.492 e. The van der Waals surface area contributed by atoms with Crippen LogP contribution in [-0.2, 0) is 17.6 Å². The summed E-state index contributed by atoms with van der Waals surface area (Å²) in [5.41, 5.74) is 7.60. The molecule has 0 saturated carbocycles. The zero-order chi connectivity index (χ0) is 25.3. The van der Waals surface area contributed by atoms with Crippen LogP contribution in [-0.4, -0.2) is 23.5 Å². The third-order valence-corrected chi connectivity index (χ3v) is 6.28. The van der Waals surface area contributed by atoms with E-state index in [1.165, 1.54) is 5.56 Å². The van der Waals surface area contributed by atoms with Gasteiger partial charge in [0.2, 0.25) is 5.91 Å². The molecule has 3 N–H and O–H groups in total. The lowest BCUT2D eigenvalue weighted by molar-refractivity contribution is -0.121. The number of carbonyl (C=O) groups is 2. The fourth-order valence-electron chi connectivity index (χ4n) is 3.68. The van der Waals surface area contributed by atoms with Crippen molar-refractivity contribution in [2.75, 3.05) is 6.61 Å². The monoisotopic (exact) mass is 561 g/mol. The molecule has 0 aromatic heterocycles. The molecule has 0 saturated heterocycles. The molecule has 0 atom stereocenters. The summed E-state index contributed by atoms with van der Waals surface area (Å²) in [5, 5.41) is 4.64. The van der Waals surface area contributed by atoms with Gasteiger partial charge >= 0.3 is 0 Å². The standard InChI is InChI=1S/C28H24BrN3O3S/c29-24-17-22(13-14-25(24)35-16-15-19-7-2-1-3-8-19)27(34)30-28(36)32-31-26(33)18-21-11-6-10-20-9-4-5-12-23(20)21/h1-14,17H,15-16,18H2,(H,31,33)(H2,30,32,34,36). The minimum absolute atomic E-state index is 0.00872. The predicted molar refractivity (Wildman–Crippen MR) is 149 cm³/mol. The molecule has 8 heteroatoms. The van der Waals surface area contributed by atoms with Gasteiger partial charge in [-0.05, 0) is 68.2 Å². The first-order valence-electron chi connectivity index (χ1n) is 11.3. The van der Waals surface area contributed by atoms with Gasteiger partial charge < -0.3 is 4.74 Å². The van der Waals surface area contributed by atoms with E-state index in [4.69, 9.17) is 17.0 Å². The zero-order valence-corrected chi connectivity index (χ0v) is 21.7. The van der Waals surface area contributed by atoms with Crippen molar-refractivity contribution in [3.8, 4) is 5.75 Å². The van der Waals surface area contributed by atoms with Crippen LogP contribution >= 0.6 is 28.1 Å². The molecular weight excluding hydrogens is 538 g/mol. The van der Waals surface area contributed by atoms with Crippen molar-refractivity contribution in [3.05, 3.63) is 112 Å². The van der Waals surface area contributed by atoms with Gasteiger partial charge in [0.05, 0.1) is 17.5 Å². The predicted octanol–water partition coefficient (Wildman–Crippen LogP) is 5.10. The highest BCUT2D eigenvalue weighted by Crippen LogP contribution is 2.26. The Hall–Kier alpha value is -3.75. The minimum atomic E-state index is -0.410. The normalized spacial score (nSPS) is 10.5. The van der Waals surface area contributed by atoms with Crippen molar-refractivity contribution >= 4 is 55.8 Å². The molecule has 2 amide bonds. The summed E-state index contributed by atoms with van der Waals surface area (Å²) in [5.74, 6) is -0.0427. The summed E-state index contributed by atoms with van der Waals surface area (Å²) in [6.07, 6.45) is 0.950. The van der Waals surface area contributed by atoms with E-state index < -0.39 is 5.91 Å². The number of halogens is 1. The summed E-state index contributed by atoms with van der Waals surface area (Å²) in [6, 6.07) is 28.8. The smallest absolute Gasteiger partial charge is 0.257 e. The number of hydrazine groups is 1. The molecule has 0 aliphatic carbocycles. The molecule has 0 unspecified atom stereocenters. The van der Waals surface area contributed by atoms with Crippen LogP contribution in [0.25, 0.3) is 10.8 Å². The Kier molecular flexibility index (Phi) is 8.65. The molecule has 36 heavy (non-hydrogen) atoms. The number of nitrogens with one attached hydrogen (secondary N) is 3. The third kappa shape index (κ3) is 6.90. The number of benzene rings is 4. The Bertz CT molecular complexity index is 1390. The van der Waals surface area contributed by atoms with E-state index in [1.807, 2.05) is 60.7 Å². The highest BCUT2D eigenvalue weighted by Gasteiger charge is 2.12. The molecule has 6 nitrogen and oxygen atoms in total. The number of carbonyl (C=O) groups excluding carboxylic acids is 2. The van der Waals surface area contributed by atoms with Crippen LogP contribution in [0, 0.1) is 0 Å². The fourth-order valence-corrected chi connectivity index (χ4v) is 4.32. The number of fused-ring (bicyclic) bond motifs is 1. The van der Waals surface area contributed by atoms with Crippen LogP contribution in [0.5, 0.6) is 5.75 Å².